The van der Waals surface area contributed by atoms with Crippen LogP contribution in [-0.2, 0) is 6.61 Å². The summed E-state index contributed by atoms with van der Waals surface area (Å²) in [5.74, 6) is 1.03. The molecular weight excluding hydrogens is 435 g/mol. The number of ether oxygens (including phenoxy) is 2. The fourth-order valence-electron chi connectivity index (χ4n) is 3.47. The van der Waals surface area contributed by atoms with Crippen molar-refractivity contribution >= 4 is 0 Å². The number of hydrogen-bond donors (Lipinski definition) is 2. The van der Waals surface area contributed by atoms with Gasteiger partial charge >= 0.3 is 0 Å². The van der Waals surface area contributed by atoms with Gasteiger partial charge < -0.3 is 14.6 Å². The maximum absolute atomic E-state index is 13.2. The normalized spacial score (nSPS) is 10.9. The molecule has 2 N–H and O–H groups in total. The number of aryl methyl sites for hydroxylation is 1. The van der Waals surface area contributed by atoms with Gasteiger partial charge in [0.05, 0.1) is 11.4 Å². The van der Waals surface area contributed by atoms with Crippen LogP contribution in [0.25, 0.3) is 16.9 Å². The number of aromatic amines is 1. The van der Waals surface area contributed by atoms with Gasteiger partial charge in [0, 0.05) is 17.8 Å². The molecule has 3 aromatic carbocycles. The lowest BCUT2D eigenvalue weighted by atomic mass is 10.1. The molecule has 170 valence electrons. The lowest BCUT2D eigenvalue weighted by molar-refractivity contribution is 0.299. The first kappa shape index (κ1) is 21.3. The second kappa shape index (κ2) is 9.11. The summed E-state index contributed by atoms with van der Waals surface area (Å²) < 4.78 is 26.7. The molecule has 0 saturated carbocycles. The molecule has 0 aliphatic rings. The summed E-state index contributed by atoms with van der Waals surface area (Å²) in [7, 11) is 0. The van der Waals surface area contributed by atoms with Gasteiger partial charge in [-0.2, -0.15) is 10.2 Å². The van der Waals surface area contributed by atoms with E-state index in [9.17, 15) is 9.50 Å². The molecule has 0 atom stereocenters. The van der Waals surface area contributed by atoms with Crippen LogP contribution in [0.2, 0.25) is 0 Å². The van der Waals surface area contributed by atoms with Crippen LogP contribution in [0.4, 0.5) is 4.39 Å². The van der Waals surface area contributed by atoms with E-state index in [1.54, 1.807) is 23.7 Å². The Morgan fingerprint density at radius 3 is 2.50 bits per heavy atom. The van der Waals surface area contributed by atoms with E-state index in [2.05, 4.69) is 15.3 Å². The smallest absolute Gasteiger partial charge is 0.176 e. The van der Waals surface area contributed by atoms with E-state index >= 15 is 0 Å². The van der Waals surface area contributed by atoms with E-state index in [-0.39, 0.29) is 18.2 Å². The van der Waals surface area contributed by atoms with Crippen molar-refractivity contribution in [3.05, 3.63) is 102 Å². The second-order valence-corrected chi connectivity index (χ2v) is 7.64. The van der Waals surface area contributed by atoms with E-state index in [0.29, 0.717) is 34.2 Å². The monoisotopic (exact) mass is 456 g/mol. The van der Waals surface area contributed by atoms with Gasteiger partial charge in [0.1, 0.15) is 41.1 Å². The Bertz CT molecular complexity index is 1410. The van der Waals surface area contributed by atoms with Gasteiger partial charge in [-0.1, -0.05) is 18.2 Å². The summed E-state index contributed by atoms with van der Waals surface area (Å²) in [6, 6.07) is 22.4. The molecule has 0 bridgehead atoms. The van der Waals surface area contributed by atoms with Gasteiger partial charge in [-0.15, -0.1) is 0 Å². The SMILES string of the molecule is Cc1[nH]nc(-c2ccc(OCc3ccn(-c4ccccc4)n3)cc2O)c1Oc1ccc(F)cc1. The van der Waals surface area contributed by atoms with Crippen molar-refractivity contribution in [2.24, 2.45) is 0 Å². The molecule has 7 nitrogen and oxygen atoms in total. The third-order valence-electron chi connectivity index (χ3n) is 5.20. The number of benzene rings is 3. The predicted octanol–water partition coefficient (Wildman–Crippen LogP) is 5.79. The van der Waals surface area contributed by atoms with Gasteiger partial charge in [-0.05, 0) is 61.5 Å². The first-order valence-corrected chi connectivity index (χ1v) is 10.6. The minimum atomic E-state index is -0.350. The summed E-state index contributed by atoms with van der Waals surface area (Å²) in [5, 5.41) is 22.3. The van der Waals surface area contributed by atoms with Crippen molar-refractivity contribution in [2.45, 2.75) is 13.5 Å². The number of phenolic OH excluding ortho intramolecular Hbond substituents is 1. The van der Waals surface area contributed by atoms with Gasteiger partial charge in [0.2, 0.25) is 0 Å². The predicted molar refractivity (Wildman–Crippen MR) is 125 cm³/mol. The van der Waals surface area contributed by atoms with Crippen LogP contribution in [0.1, 0.15) is 11.4 Å². The summed E-state index contributed by atoms with van der Waals surface area (Å²) in [4.78, 5) is 0. The molecule has 0 saturated heterocycles. The van der Waals surface area contributed by atoms with Crippen molar-refractivity contribution in [1.82, 2.24) is 20.0 Å². The molecule has 2 heterocycles. The molecule has 34 heavy (non-hydrogen) atoms. The zero-order chi connectivity index (χ0) is 23.5. The number of phenols is 1. The maximum Gasteiger partial charge on any atom is 0.176 e. The molecule has 0 aliphatic carbocycles. The molecule has 0 aliphatic heterocycles. The fourth-order valence-corrected chi connectivity index (χ4v) is 3.47. The summed E-state index contributed by atoms with van der Waals surface area (Å²) >= 11 is 0. The van der Waals surface area contributed by atoms with Crippen LogP contribution < -0.4 is 9.47 Å². The molecular formula is C26H21FN4O3. The van der Waals surface area contributed by atoms with Crippen molar-refractivity contribution in [3.8, 4) is 39.9 Å². The van der Waals surface area contributed by atoms with Crippen LogP contribution in [0, 0.1) is 12.7 Å². The molecule has 5 rings (SSSR count). The minimum absolute atomic E-state index is 0.0113. The van der Waals surface area contributed by atoms with Crippen molar-refractivity contribution in [1.29, 1.82) is 0 Å². The van der Waals surface area contributed by atoms with Crippen molar-refractivity contribution < 1.29 is 19.0 Å². The molecule has 0 radical (unpaired) electrons. The number of rotatable bonds is 7. The molecule has 5 aromatic rings. The Kier molecular flexibility index (Phi) is 5.70. The highest BCUT2D eigenvalue weighted by Gasteiger charge is 2.18. The van der Waals surface area contributed by atoms with Crippen LogP contribution in [0.15, 0.2) is 85.1 Å². The topological polar surface area (TPSA) is 85.2 Å². The third kappa shape index (κ3) is 4.47. The van der Waals surface area contributed by atoms with E-state index in [1.807, 2.05) is 42.6 Å². The zero-order valence-corrected chi connectivity index (χ0v) is 18.3. The first-order chi connectivity index (χ1) is 16.6. The van der Waals surface area contributed by atoms with Gasteiger partial charge in [0.15, 0.2) is 5.75 Å². The van der Waals surface area contributed by atoms with E-state index in [1.165, 1.54) is 30.3 Å². The van der Waals surface area contributed by atoms with Gasteiger partial charge in [-0.25, -0.2) is 9.07 Å². The van der Waals surface area contributed by atoms with Crippen LogP contribution >= 0.6 is 0 Å². The molecule has 0 fully saturated rings. The number of para-hydroxylation sites is 1. The number of aromatic nitrogens is 4. The molecule has 0 unspecified atom stereocenters. The summed E-state index contributed by atoms with van der Waals surface area (Å²) in [6.07, 6.45) is 1.87. The number of hydrogen-bond acceptors (Lipinski definition) is 5. The van der Waals surface area contributed by atoms with Crippen LogP contribution in [0.3, 0.4) is 0 Å². The summed E-state index contributed by atoms with van der Waals surface area (Å²) in [6.45, 7) is 2.05. The molecule has 8 heteroatoms. The Morgan fingerprint density at radius 1 is 0.971 bits per heavy atom. The zero-order valence-electron chi connectivity index (χ0n) is 18.3. The maximum atomic E-state index is 13.2. The average Bonchev–Trinajstić information content (AvgIpc) is 3.47. The Balaban J connectivity index is 1.31. The first-order valence-electron chi connectivity index (χ1n) is 10.6. The van der Waals surface area contributed by atoms with Gasteiger partial charge in [-0.3, -0.25) is 5.10 Å². The lowest BCUT2D eigenvalue weighted by Gasteiger charge is -2.10. The second-order valence-electron chi connectivity index (χ2n) is 7.64. The highest BCUT2D eigenvalue weighted by molar-refractivity contribution is 5.74. The molecule has 2 aromatic heterocycles. The molecule has 0 amide bonds. The standard InChI is InChI=1S/C26H21FN4O3/c1-17-26(34-21-9-7-18(27)8-10-21)25(29-28-17)23-12-11-22(15-24(23)32)33-16-19-13-14-31(30-19)20-5-3-2-4-6-20/h2-15,32H,16H2,1H3,(H,28,29). The fraction of sp³-hybridized carbons (Fsp3) is 0.0769. The number of nitrogens with zero attached hydrogens (tertiary/aromatic N) is 3. The quantitative estimate of drug-likeness (QED) is 0.324. The van der Waals surface area contributed by atoms with Crippen LogP contribution in [-0.4, -0.2) is 25.1 Å². The number of nitrogens with one attached hydrogen (secondary N) is 1. The van der Waals surface area contributed by atoms with Crippen LogP contribution in [0.5, 0.6) is 23.0 Å². The Hall–Kier alpha value is -4.59. The average molecular weight is 456 g/mol. The van der Waals surface area contributed by atoms with Gasteiger partial charge in [0.25, 0.3) is 0 Å². The van der Waals surface area contributed by atoms with Crippen molar-refractivity contribution in [3.63, 3.8) is 0 Å². The van der Waals surface area contributed by atoms with E-state index in [4.69, 9.17) is 9.47 Å². The Labute approximate surface area is 195 Å². The highest BCUT2D eigenvalue weighted by Crippen LogP contribution is 2.39. The van der Waals surface area contributed by atoms with E-state index < -0.39 is 0 Å². The largest absolute Gasteiger partial charge is 0.507 e. The lowest BCUT2D eigenvalue weighted by Crippen LogP contribution is -1.99. The van der Waals surface area contributed by atoms with Crippen molar-refractivity contribution in [2.75, 3.05) is 0 Å². The number of H-pyrrole nitrogens is 1. The number of halogens is 1. The summed E-state index contributed by atoms with van der Waals surface area (Å²) in [5.41, 5.74) is 3.30. The minimum Gasteiger partial charge on any atom is -0.507 e. The Morgan fingerprint density at radius 2 is 1.74 bits per heavy atom. The molecule has 0 spiro atoms. The number of aromatic hydroxyl groups is 1. The third-order valence-corrected chi connectivity index (χ3v) is 5.20. The highest BCUT2D eigenvalue weighted by atomic mass is 19.1. The van der Waals surface area contributed by atoms with E-state index in [0.717, 1.165) is 11.4 Å².